The molecule has 9 heteroatoms. The number of carbonyl (C=O) groups is 1. The molecule has 0 spiro atoms. The molecule has 0 aliphatic carbocycles. The van der Waals surface area contributed by atoms with E-state index in [9.17, 15) is 9.90 Å². The predicted molar refractivity (Wildman–Crippen MR) is 129 cm³/mol. The van der Waals surface area contributed by atoms with Crippen LogP contribution in [0.25, 0.3) is 0 Å². The van der Waals surface area contributed by atoms with Gasteiger partial charge < -0.3 is 29.8 Å². The van der Waals surface area contributed by atoms with Crippen LogP contribution >= 0.6 is 15.9 Å². The van der Waals surface area contributed by atoms with E-state index >= 15 is 0 Å². The van der Waals surface area contributed by atoms with Crippen molar-refractivity contribution in [3.05, 3.63) is 46.4 Å². The lowest BCUT2D eigenvalue weighted by molar-refractivity contribution is -0.116. The van der Waals surface area contributed by atoms with Gasteiger partial charge in [0.15, 0.2) is 0 Å². The Morgan fingerprint density at radius 2 is 1.88 bits per heavy atom. The third-order valence-electron chi connectivity index (χ3n) is 5.10. The second kappa shape index (κ2) is 12.8. The van der Waals surface area contributed by atoms with E-state index in [2.05, 4.69) is 28.2 Å². The topological polar surface area (TPSA) is 100 Å². The van der Waals surface area contributed by atoms with Crippen molar-refractivity contribution in [2.75, 3.05) is 38.2 Å². The number of hydrogen-bond donors (Lipinski definition) is 3. The standard InChI is InChI=1S/C24H31BrN2O6/c1-2-3-12-27(33-19-6-4-17(25)5-7-19)15-18(29)16-32-21-9-10-22(31-14-13-28)24-20(21)8-11-23(30)26-24/h4-7,9-10,18,28-29H,2-3,8,11-16H2,1H3,(H,26,30). The van der Waals surface area contributed by atoms with E-state index < -0.39 is 6.10 Å². The van der Waals surface area contributed by atoms with Gasteiger partial charge >= 0.3 is 0 Å². The van der Waals surface area contributed by atoms with Gasteiger partial charge in [0, 0.05) is 23.0 Å². The monoisotopic (exact) mass is 522 g/mol. The number of unbranched alkanes of at least 4 members (excludes halogenated alkanes) is 1. The fraction of sp³-hybridized carbons (Fsp3) is 0.458. The predicted octanol–water partition coefficient (Wildman–Crippen LogP) is 3.54. The highest BCUT2D eigenvalue weighted by Gasteiger charge is 2.23. The number of aliphatic hydroxyl groups excluding tert-OH is 2. The molecule has 3 rings (SSSR count). The van der Waals surface area contributed by atoms with Crippen LogP contribution in [0.5, 0.6) is 17.2 Å². The summed E-state index contributed by atoms with van der Waals surface area (Å²) in [6.07, 6.45) is 2.03. The summed E-state index contributed by atoms with van der Waals surface area (Å²) in [6, 6.07) is 11.0. The van der Waals surface area contributed by atoms with Crippen molar-refractivity contribution in [2.24, 2.45) is 0 Å². The third kappa shape index (κ3) is 7.60. The second-order valence-corrected chi connectivity index (χ2v) is 8.70. The van der Waals surface area contributed by atoms with E-state index in [0.29, 0.717) is 42.3 Å². The average Bonchev–Trinajstić information content (AvgIpc) is 2.81. The maximum atomic E-state index is 11.9. The molecule has 2 aromatic carbocycles. The number of halogens is 1. The van der Waals surface area contributed by atoms with Crippen molar-refractivity contribution >= 4 is 27.5 Å². The van der Waals surface area contributed by atoms with Crippen LogP contribution in [-0.4, -0.2) is 60.2 Å². The van der Waals surface area contributed by atoms with E-state index in [1.165, 1.54) is 0 Å². The van der Waals surface area contributed by atoms with E-state index in [4.69, 9.17) is 19.4 Å². The molecule has 1 aliphatic rings. The lowest BCUT2D eigenvalue weighted by Gasteiger charge is -2.26. The molecule has 1 aliphatic heterocycles. The number of anilines is 1. The number of amides is 1. The number of ether oxygens (including phenoxy) is 2. The maximum absolute atomic E-state index is 11.9. The molecular formula is C24H31BrN2O6. The molecule has 1 unspecified atom stereocenters. The van der Waals surface area contributed by atoms with Crippen molar-refractivity contribution in [3.63, 3.8) is 0 Å². The molecule has 180 valence electrons. The molecule has 0 aromatic heterocycles. The minimum absolute atomic E-state index is 0.0730. The molecule has 0 saturated carbocycles. The number of hydroxylamine groups is 2. The van der Waals surface area contributed by atoms with E-state index in [-0.39, 0.29) is 32.3 Å². The van der Waals surface area contributed by atoms with Crippen molar-refractivity contribution < 1.29 is 29.3 Å². The summed E-state index contributed by atoms with van der Waals surface area (Å²) in [4.78, 5) is 17.8. The van der Waals surface area contributed by atoms with Crippen LogP contribution in [0.2, 0.25) is 0 Å². The van der Waals surface area contributed by atoms with Crippen molar-refractivity contribution in [3.8, 4) is 17.2 Å². The number of aliphatic hydroxyl groups is 2. The molecule has 0 bridgehead atoms. The number of benzene rings is 2. The van der Waals surface area contributed by atoms with Crippen molar-refractivity contribution in [1.29, 1.82) is 0 Å². The number of hydrogen-bond acceptors (Lipinski definition) is 7. The van der Waals surface area contributed by atoms with Gasteiger partial charge in [-0.25, -0.2) is 0 Å². The number of rotatable bonds is 13. The SMILES string of the molecule is CCCCN(CC(O)COc1ccc(OCCO)c2c1CCC(=O)N2)Oc1ccc(Br)cc1. The first-order valence-electron chi connectivity index (χ1n) is 11.2. The fourth-order valence-electron chi connectivity index (χ4n) is 3.47. The van der Waals surface area contributed by atoms with Crippen LogP contribution in [-0.2, 0) is 11.2 Å². The Bertz CT molecular complexity index is 909. The molecule has 33 heavy (non-hydrogen) atoms. The summed E-state index contributed by atoms with van der Waals surface area (Å²) in [6.45, 7) is 3.16. The molecule has 3 N–H and O–H groups in total. The van der Waals surface area contributed by atoms with Crippen LogP contribution in [0.1, 0.15) is 31.7 Å². The lowest BCUT2D eigenvalue weighted by atomic mass is 10.0. The van der Waals surface area contributed by atoms with E-state index in [1.54, 1.807) is 17.2 Å². The maximum Gasteiger partial charge on any atom is 0.224 e. The summed E-state index contributed by atoms with van der Waals surface area (Å²) in [5.74, 6) is 1.69. The van der Waals surface area contributed by atoms with Gasteiger partial charge in [0.05, 0.1) is 18.8 Å². The molecular weight excluding hydrogens is 492 g/mol. The molecule has 1 atom stereocenters. The zero-order chi connectivity index (χ0) is 23.6. The number of fused-ring (bicyclic) bond motifs is 1. The second-order valence-electron chi connectivity index (χ2n) is 7.79. The summed E-state index contributed by atoms with van der Waals surface area (Å²) >= 11 is 3.41. The Kier molecular flexibility index (Phi) is 9.80. The van der Waals surface area contributed by atoms with Crippen LogP contribution < -0.4 is 19.6 Å². The normalized spacial score (nSPS) is 13.9. The van der Waals surface area contributed by atoms with Gasteiger partial charge in [-0.1, -0.05) is 29.3 Å². The summed E-state index contributed by atoms with van der Waals surface area (Å²) in [5.41, 5.74) is 1.39. The van der Waals surface area contributed by atoms with E-state index in [1.807, 2.05) is 24.3 Å². The summed E-state index contributed by atoms with van der Waals surface area (Å²) in [7, 11) is 0. The Morgan fingerprint density at radius 3 is 2.61 bits per heavy atom. The van der Waals surface area contributed by atoms with Crippen LogP contribution in [0.3, 0.4) is 0 Å². The van der Waals surface area contributed by atoms with Gasteiger partial charge in [-0.05, 0) is 49.2 Å². The Morgan fingerprint density at radius 1 is 1.12 bits per heavy atom. The Labute approximate surface area is 202 Å². The van der Waals surface area contributed by atoms with E-state index in [0.717, 1.165) is 22.9 Å². The van der Waals surface area contributed by atoms with Crippen molar-refractivity contribution in [1.82, 2.24) is 5.06 Å². The van der Waals surface area contributed by atoms with Gasteiger partial charge in [0.25, 0.3) is 0 Å². The fourth-order valence-corrected chi connectivity index (χ4v) is 3.74. The van der Waals surface area contributed by atoms with Gasteiger partial charge in [-0.15, -0.1) is 5.06 Å². The van der Waals surface area contributed by atoms with Crippen LogP contribution in [0.15, 0.2) is 40.9 Å². The lowest BCUT2D eigenvalue weighted by Crippen LogP contribution is -2.38. The first-order valence-corrected chi connectivity index (χ1v) is 12.0. The highest BCUT2D eigenvalue weighted by atomic mass is 79.9. The zero-order valence-corrected chi connectivity index (χ0v) is 20.3. The molecule has 0 radical (unpaired) electrons. The number of carbonyl (C=O) groups excluding carboxylic acids is 1. The highest BCUT2D eigenvalue weighted by Crippen LogP contribution is 2.39. The smallest absolute Gasteiger partial charge is 0.224 e. The minimum Gasteiger partial charge on any atom is -0.490 e. The zero-order valence-electron chi connectivity index (χ0n) is 18.8. The van der Waals surface area contributed by atoms with Crippen LogP contribution in [0, 0.1) is 0 Å². The molecule has 2 aromatic rings. The molecule has 1 amide bonds. The highest BCUT2D eigenvalue weighted by molar-refractivity contribution is 9.10. The summed E-state index contributed by atoms with van der Waals surface area (Å²) in [5, 5.41) is 24.3. The summed E-state index contributed by atoms with van der Waals surface area (Å²) < 4.78 is 12.4. The molecule has 0 saturated heterocycles. The largest absolute Gasteiger partial charge is 0.490 e. The van der Waals surface area contributed by atoms with Gasteiger partial charge in [0.1, 0.15) is 36.6 Å². The van der Waals surface area contributed by atoms with Gasteiger partial charge in [-0.2, -0.15) is 0 Å². The Balaban J connectivity index is 1.63. The van der Waals surface area contributed by atoms with Crippen molar-refractivity contribution in [2.45, 2.75) is 38.7 Å². The molecule has 1 heterocycles. The average molecular weight is 523 g/mol. The van der Waals surface area contributed by atoms with Crippen LogP contribution in [0.4, 0.5) is 5.69 Å². The molecule has 8 nitrogen and oxygen atoms in total. The molecule has 0 fully saturated rings. The third-order valence-corrected chi connectivity index (χ3v) is 5.63. The first-order chi connectivity index (χ1) is 16.0. The van der Waals surface area contributed by atoms with Gasteiger partial charge in [-0.3, -0.25) is 4.79 Å². The Hall–Kier alpha value is -2.33. The number of nitrogens with zero attached hydrogens (tertiary/aromatic N) is 1. The quantitative estimate of drug-likeness (QED) is 0.346. The number of nitrogens with one attached hydrogen (secondary N) is 1. The van der Waals surface area contributed by atoms with Gasteiger partial charge in [0.2, 0.25) is 5.91 Å². The minimum atomic E-state index is -0.781. The first kappa shape index (κ1) is 25.3.